The van der Waals surface area contributed by atoms with Gasteiger partial charge in [-0.2, -0.15) is 0 Å². The van der Waals surface area contributed by atoms with Crippen LogP contribution in [0.15, 0.2) is 30.6 Å². The zero-order valence-corrected chi connectivity index (χ0v) is 13.7. The van der Waals surface area contributed by atoms with Crippen molar-refractivity contribution in [1.29, 1.82) is 0 Å². The van der Waals surface area contributed by atoms with Crippen molar-refractivity contribution in [1.82, 2.24) is 9.97 Å². The first-order valence-corrected chi connectivity index (χ1v) is 7.09. The first-order valence-electron chi connectivity index (χ1n) is 7.09. The maximum atomic E-state index is 5.76. The first kappa shape index (κ1) is 16.1. The summed E-state index contributed by atoms with van der Waals surface area (Å²) in [4.78, 5) is 8.78. The van der Waals surface area contributed by atoms with Crippen LogP contribution in [0, 0.1) is 0 Å². The van der Waals surface area contributed by atoms with Crippen molar-refractivity contribution in [3.8, 4) is 17.2 Å². The minimum atomic E-state index is -0.0560. The highest BCUT2D eigenvalue weighted by molar-refractivity contribution is 5.42. The van der Waals surface area contributed by atoms with Crippen molar-refractivity contribution < 1.29 is 14.2 Å². The fraction of sp³-hybridized carbons (Fsp3) is 0.412. The normalized spacial score (nSPS) is 11.1. The zero-order chi connectivity index (χ0) is 16.2. The average Bonchev–Trinajstić information content (AvgIpc) is 2.52. The van der Waals surface area contributed by atoms with Gasteiger partial charge in [0.25, 0.3) is 0 Å². The fourth-order valence-electron chi connectivity index (χ4n) is 1.85. The molecule has 0 unspecified atom stereocenters. The molecular weight excluding hydrogens is 280 g/mol. The SMILES string of the molecule is COc1cc(OC)cc(OCc2cnc(C(C)(C)C)nc2)c1. The lowest BCUT2D eigenvalue weighted by Gasteiger charge is -2.16. The quantitative estimate of drug-likeness (QED) is 0.847. The van der Waals surface area contributed by atoms with E-state index in [0.29, 0.717) is 23.9 Å². The minimum absolute atomic E-state index is 0.0560. The summed E-state index contributed by atoms with van der Waals surface area (Å²) in [5.74, 6) is 2.87. The van der Waals surface area contributed by atoms with E-state index in [1.54, 1.807) is 32.7 Å². The van der Waals surface area contributed by atoms with Crippen LogP contribution < -0.4 is 14.2 Å². The Kier molecular flexibility index (Phi) is 4.85. The second-order valence-electron chi connectivity index (χ2n) is 6.00. The van der Waals surface area contributed by atoms with E-state index in [0.717, 1.165) is 11.4 Å². The van der Waals surface area contributed by atoms with Crippen molar-refractivity contribution >= 4 is 0 Å². The van der Waals surface area contributed by atoms with Crippen LogP contribution in [0.1, 0.15) is 32.2 Å². The van der Waals surface area contributed by atoms with Crippen molar-refractivity contribution in [2.24, 2.45) is 0 Å². The van der Waals surface area contributed by atoms with E-state index < -0.39 is 0 Å². The topological polar surface area (TPSA) is 53.5 Å². The van der Waals surface area contributed by atoms with Crippen LogP contribution in [0.25, 0.3) is 0 Å². The number of aromatic nitrogens is 2. The van der Waals surface area contributed by atoms with Gasteiger partial charge in [0, 0.05) is 41.6 Å². The number of methoxy groups -OCH3 is 2. The molecule has 1 heterocycles. The molecule has 0 saturated carbocycles. The number of nitrogens with zero attached hydrogens (tertiary/aromatic N) is 2. The highest BCUT2D eigenvalue weighted by Gasteiger charge is 2.16. The summed E-state index contributed by atoms with van der Waals surface area (Å²) >= 11 is 0. The lowest BCUT2D eigenvalue weighted by atomic mass is 9.96. The van der Waals surface area contributed by atoms with Gasteiger partial charge in [-0.3, -0.25) is 0 Å². The third-order valence-electron chi connectivity index (χ3n) is 3.11. The van der Waals surface area contributed by atoms with Crippen LogP contribution in [-0.4, -0.2) is 24.2 Å². The van der Waals surface area contributed by atoms with Gasteiger partial charge in [-0.1, -0.05) is 20.8 Å². The second-order valence-corrected chi connectivity index (χ2v) is 6.00. The van der Waals surface area contributed by atoms with Crippen LogP contribution in [-0.2, 0) is 12.0 Å². The number of benzene rings is 1. The van der Waals surface area contributed by atoms with Crippen LogP contribution in [0.5, 0.6) is 17.2 Å². The predicted molar refractivity (Wildman–Crippen MR) is 84.6 cm³/mol. The number of hydrogen-bond donors (Lipinski definition) is 0. The molecule has 5 heteroatoms. The minimum Gasteiger partial charge on any atom is -0.496 e. The summed E-state index contributed by atoms with van der Waals surface area (Å²) in [6.45, 7) is 6.64. The maximum Gasteiger partial charge on any atom is 0.133 e. The van der Waals surface area contributed by atoms with Gasteiger partial charge >= 0.3 is 0 Å². The third-order valence-corrected chi connectivity index (χ3v) is 3.11. The van der Waals surface area contributed by atoms with Crippen molar-refractivity contribution in [3.05, 3.63) is 42.0 Å². The van der Waals surface area contributed by atoms with E-state index in [1.165, 1.54) is 0 Å². The molecule has 0 radical (unpaired) electrons. The molecule has 0 aliphatic rings. The Morgan fingerprint density at radius 3 is 1.82 bits per heavy atom. The second kappa shape index (κ2) is 6.64. The molecule has 0 N–H and O–H groups in total. The van der Waals surface area contributed by atoms with Crippen LogP contribution >= 0.6 is 0 Å². The lowest BCUT2D eigenvalue weighted by Crippen LogP contribution is -2.16. The summed E-state index contributed by atoms with van der Waals surface area (Å²) in [5, 5.41) is 0. The molecule has 1 aromatic heterocycles. The van der Waals surface area contributed by atoms with Gasteiger partial charge in [0.05, 0.1) is 14.2 Å². The molecule has 0 atom stereocenters. The van der Waals surface area contributed by atoms with Crippen LogP contribution in [0.2, 0.25) is 0 Å². The van der Waals surface area contributed by atoms with Gasteiger partial charge in [-0.15, -0.1) is 0 Å². The number of rotatable bonds is 5. The van der Waals surface area contributed by atoms with Gasteiger partial charge in [0.2, 0.25) is 0 Å². The highest BCUT2D eigenvalue weighted by atomic mass is 16.5. The van der Waals surface area contributed by atoms with E-state index in [1.807, 2.05) is 12.1 Å². The lowest BCUT2D eigenvalue weighted by molar-refractivity contribution is 0.299. The standard InChI is InChI=1S/C17H22N2O3/c1-17(2,3)16-18-9-12(10-19-16)11-22-15-7-13(20-4)6-14(8-15)21-5/h6-10H,11H2,1-5H3. The van der Waals surface area contributed by atoms with Crippen LogP contribution in [0.3, 0.4) is 0 Å². The van der Waals surface area contributed by atoms with Crippen molar-refractivity contribution in [2.75, 3.05) is 14.2 Å². The summed E-state index contributed by atoms with van der Waals surface area (Å²) in [5.41, 5.74) is 0.856. The molecule has 22 heavy (non-hydrogen) atoms. The van der Waals surface area contributed by atoms with Gasteiger partial charge in [0.1, 0.15) is 29.7 Å². The Bertz CT molecular complexity index is 597. The van der Waals surface area contributed by atoms with E-state index in [9.17, 15) is 0 Å². The average molecular weight is 302 g/mol. The van der Waals surface area contributed by atoms with Gasteiger partial charge in [-0.05, 0) is 0 Å². The Balaban J connectivity index is 2.06. The molecule has 0 bridgehead atoms. The molecule has 0 aliphatic carbocycles. The van der Waals surface area contributed by atoms with E-state index >= 15 is 0 Å². The van der Waals surface area contributed by atoms with Crippen molar-refractivity contribution in [2.45, 2.75) is 32.8 Å². The molecule has 0 saturated heterocycles. The zero-order valence-electron chi connectivity index (χ0n) is 13.7. The molecule has 2 aromatic rings. The summed E-state index contributed by atoms with van der Waals surface area (Å²) in [6.07, 6.45) is 3.59. The monoisotopic (exact) mass is 302 g/mol. The molecule has 2 rings (SSSR count). The van der Waals surface area contributed by atoms with Gasteiger partial charge in [0.15, 0.2) is 0 Å². The van der Waals surface area contributed by atoms with Gasteiger partial charge < -0.3 is 14.2 Å². The molecule has 0 spiro atoms. The third kappa shape index (κ3) is 4.10. The van der Waals surface area contributed by atoms with Crippen molar-refractivity contribution in [3.63, 3.8) is 0 Å². The maximum absolute atomic E-state index is 5.76. The van der Waals surface area contributed by atoms with E-state index in [2.05, 4.69) is 30.7 Å². The molecule has 118 valence electrons. The van der Waals surface area contributed by atoms with Gasteiger partial charge in [-0.25, -0.2) is 9.97 Å². The summed E-state index contributed by atoms with van der Waals surface area (Å²) in [6, 6.07) is 5.42. The Morgan fingerprint density at radius 2 is 1.36 bits per heavy atom. The molecule has 1 aromatic carbocycles. The molecular formula is C17H22N2O3. The Hall–Kier alpha value is -2.30. The molecule has 0 aliphatic heterocycles. The number of hydrogen-bond acceptors (Lipinski definition) is 5. The van der Waals surface area contributed by atoms with E-state index in [4.69, 9.17) is 14.2 Å². The highest BCUT2D eigenvalue weighted by Crippen LogP contribution is 2.28. The fourth-order valence-corrected chi connectivity index (χ4v) is 1.85. The molecule has 0 fully saturated rings. The smallest absolute Gasteiger partial charge is 0.133 e. The van der Waals surface area contributed by atoms with E-state index in [-0.39, 0.29) is 5.41 Å². The largest absolute Gasteiger partial charge is 0.496 e. The van der Waals surface area contributed by atoms with Crippen LogP contribution in [0.4, 0.5) is 0 Å². The molecule has 0 amide bonds. The summed E-state index contributed by atoms with van der Waals surface area (Å²) < 4.78 is 16.2. The Labute approximate surface area is 131 Å². The Morgan fingerprint density at radius 1 is 0.864 bits per heavy atom. The predicted octanol–water partition coefficient (Wildman–Crippen LogP) is 3.37. The number of ether oxygens (including phenoxy) is 3. The summed E-state index contributed by atoms with van der Waals surface area (Å²) in [7, 11) is 3.22. The first-order chi connectivity index (χ1) is 10.4. The molecule has 5 nitrogen and oxygen atoms in total.